The van der Waals surface area contributed by atoms with Crippen molar-refractivity contribution in [1.29, 1.82) is 0 Å². The molecule has 5 nitrogen and oxygen atoms in total. The molecule has 0 fully saturated rings. The summed E-state index contributed by atoms with van der Waals surface area (Å²) in [4.78, 5) is 17.0. The summed E-state index contributed by atoms with van der Waals surface area (Å²) < 4.78 is 11.5. The van der Waals surface area contributed by atoms with Crippen LogP contribution < -0.4 is 5.32 Å². The summed E-state index contributed by atoms with van der Waals surface area (Å²) in [5, 5.41) is 3.13. The highest BCUT2D eigenvalue weighted by atomic mass is 16.6. The van der Waals surface area contributed by atoms with Crippen LogP contribution >= 0.6 is 0 Å². The van der Waals surface area contributed by atoms with Gasteiger partial charge in [-0.3, -0.25) is 4.79 Å². The number of ether oxygens (including phenoxy) is 2. The van der Waals surface area contributed by atoms with Crippen molar-refractivity contribution in [1.82, 2.24) is 5.32 Å². The Balaban J connectivity index is 3.11. The maximum atomic E-state index is 12.3. The van der Waals surface area contributed by atoms with E-state index in [4.69, 9.17) is 9.47 Å². The summed E-state index contributed by atoms with van der Waals surface area (Å²) >= 11 is 0. The molecule has 0 bridgehead atoms. The van der Waals surface area contributed by atoms with Gasteiger partial charge in [0.15, 0.2) is 0 Å². The lowest BCUT2D eigenvalue weighted by molar-refractivity contribution is -0.155. The van der Waals surface area contributed by atoms with Gasteiger partial charge in [-0.25, -0.2) is 4.99 Å². The number of aliphatic imine (C=N–C) groups is 1. The van der Waals surface area contributed by atoms with E-state index in [1.807, 2.05) is 53.7 Å². The van der Waals surface area contributed by atoms with Gasteiger partial charge >= 0.3 is 5.97 Å². The molecule has 0 spiro atoms. The highest BCUT2D eigenvalue weighted by molar-refractivity contribution is 5.88. The number of likely N-dealkylation sites (N-methyl/N-ethyl adjacent to an activating group) is 1. The molecular formula is C22H36N2O3. The molecule has 1 atom stereocenters. The van der Waals surface area contributed by atoms with Gasteiger partial charge in [0.1, 0.15) is 11.2 Å². The van der Waals surface area contributed by atoms with Crippen molar-refractivity contribution >= 4 is 17.6 Å². The van der Waals surface area contributed by atoms with E-state index in [0.717, 1.165) is 5.69 Å². The summed E-state index contributed by atoms with van der Waals surface area (Å²) in [6.45, 7) is 15.8. The molecule has 27 heavy (non-hydrogen) atoms. The molecule has 0 unspecified atom stereocenters. The first-order valence-corrected chi connectivity index (χ1v) is 9.57. The second kappa shape index (κ2) is 9.36. The largest absolute Gasteiger partial charge is 0.474 e. The molecule has 1 rings (SSSR count). The highest BCUT2D eigenvalue weighted by Gasteiger charge is 2.27. The van der Waals surface area contributed by atoms with E-state index >= 15 is 0 Å². The Kier molecular flexibility index (Phi) is 8.03. The third-order valence-electron chi connectivity index (χ3n) is 3.65. The number of esters is 1. The Morgan fingerprint density at radius 1 is 1.00 bits per heavy atom. The minimum atomic E-state index is -0.524. The zero-order valence-corrected chi connectivity index (χ0v) is 18.3. The third kappa shape index (κ3) is 9.05. The van der Waals surface area contributed by atoms with Crippen molar-refractivity contribution in [3.8, 4) is 0 Å². The third-order valence-corrected chi connectivity index (χ3v) is 3.65. The number of hydrogen-bond donors (Lipinski definition) is 1. The van der Waals surface area contributed by atoms with Crippen LogP contribution in [-0.2, 0) is 14.3 Å². The SMILES string of the molecule is CN[C@@H](CC(=O)OC(C)(C)C)C(=Nc1ccc(C(C)C)cc1)OC(C)(C)C. The Morgan fingerprint density at radius 2 is 1.52 bits per heavy atom. The molecule has 0 amide bonds. The molecule has 0 saturated heterocycles. The monoisotopic (exact) mass is 376 g/mol. The fourth-order valence-electron chi connectivity index (χ4n) is 2.41. The molecule has 0 aliphatic rings. The second-order valence-corrected chi connectivity index (χ2v) is 9.04. The van der Waals surface area contributed by atoms with Crippen LogP contribution in [0.15, 0.2) is 29.3 Å². The first-order valence-electron chi connectivity index (χ1n) is 9.57. The van der Waals surface area contributed by atoms with Crippen molar-refractivity contribution in [2.45, 2.75) is 85.0 Å². The molecule has 1 N–H and O–H groups in total. The van der Waals surface area contributed by atoms with E-state index in [1.54, 1.807) is 7.05 Å². The smallest absolute Gasteiger partial charge is 0.308 e. The van der Waals surface area contributed by atoms with Gasteiger partial charge in [-0.15, -0.1) is 0 Å². The lowest BCUT2D eigenvalue weighted by Crippen LogP contribution is -2.42. The van der Waals surface area contributed by atoms with Gasteiger partial charge in [0.05, 0.1) is 18.2 Å². The zero-order chi connectivity index (χ0) is 20.8. The first kappa shape index (κ1) is 23.2. The molecule has 0 aliphatic heterocycles. The van der Waals surface area contributed by atoms with Crippen LogP contribution in [0.25, 0.3) is 0 Å². The standard InChI is InChI=1S/C22H36N2O3/c1-15(2)16-10-12-17(13-11-16)24-20(27-22(6,7)8)18(23-9)14-19(25)26-21(3,4)5/h10-13,15,18,23H,14H2,1-9H3/t18-/m0/s1. The molecule has 1 aromatic carbocycles. The average Bonchev–Trinajstić information content (AvgIpc) is 2.49. The van der Waals surface area contributed by atoms with Crippen molar-refractivity contribution in [3.63, 3.8) is 0 Å². The summed E-state index contributed by atoms with van der Waals surface area (Å²) in [6.07, 6.45) is 0.146. The number of rotatable bonds is 6. The maximum Gasteiger partial charge on any atom is 0.308 e. The van der Waals surface area contributed by atoms with E-state index in [2.05, 4.69) is 36.3 Å². The number of benzene rings is 1. The van der Waals surface area contributed by atoms with Gasteiger partial charge in [-0.1, -0.05) is 26.0 Å². The normalized spacial score (nSPS) is 14.2. The van der Waals surface area contributed by atoms with Crippen LogP contribution in [0.4, 0.5) is 5.69 Å². The predicted octanol–water partition coefficient (Wildman–Crippen LogP) is 4.97. The lowest BCUT2D eigenvalue weighted by Gasteiger charge is -2.28. The van der Waals surface area contributed by atoms with Gasteiger partial charge in [0, 0.05) is 0 Å². The molecule has 152 valence electrons. The van der Waals surface area contributed by atoms with E-state index in [9.17, 15) is 4.79 Å². The summed E-state index contributed by atoms with van der Waals surface area (Å²) in [7, 11) is 1.79. The van der Waals surface area contributed by atoms with E-state index < -0.39 is 11.2 Å². The molecule has 1 aromatic rings. The fourth-order valence-corrected chi connectivity index (χ4v) is 2.41. The van der Waals surface area contributed by atoms with Crippen molar-refractivity contribution in [2.24, 2.45) is 4.99 Å². The molecule has 5 heteroatoms. The summed E-state index contributed by atoms with van der Waals surface area (Å²) in [6, 6.07) is 7.72. The summed E-state index contributed by atoms with van der Waals surface area (Å²) in [5.74, 6) is 0.654. The van der Waals surface area contributed by atoms with Gasteiger partial charge < -0.3 is 14.8 Å². The number of carbonyl (C=O) groups is 1. The van der Waals surface area contributed by atoms with Crippen LogP contribution in [0.1, 0.15) is 73.3 Å². The lowest BCUT2D eigenvalue weighted by atomic mass is 10.0. The van der Waals surface area contributed by atoms with Gasteiger partial charge in [-0.05, 0) is 72.2 Å². The molecule has 0 saturated carbocycles. The fraction of sp³-hybridized carbons (Fsp3) is 0.636. The van der Waals surface area contributed by atoms with Crippen molar-refractivity contribution in [3.05, 3.63) is 29.8 Å². The zero-order valence-electron chi connectivity index (χ0n) is 18.3. The number of hydrogen-bond acceptors (Lipinski definition) is 5. The molecule has 0 aliphatic carbocycles. The quantitative estimate of drug-likeness (QED) is 0.432. The molecule has 0 aromatic heterocycles. The van der Waals surface area contributed by atoms with E-state index in [-0.39, 0.29) is 18.4 Å². The Bertz CT molecular complexity index is 635. The number of nitrogens with zero attached hydrogens (tertiary/aromatic N) is 1. The minimum Gasteiger partial charge on any atom is -0.474 e. The van der Waals surface area contributed by atoms with Crippen LogP contribution in [0.2, 0.25) is 0 Å². The van der Waals surface area contributed by atoms with Gasteiger partial charge in [0.25, 0.3) is 0 Å². The molecular weight excluding hydrogens is 340 g/mol. The van der Waals surface area contributed by atoms with Crippen molar-refractivity contribution < 1.29 is 14.3 Å². The average molecular weight is 377 g/mol. The van der Waals surface area contributed by atoms with Crippen LogP contribution in [0.5, 0.6) is 0 Å². The maximum absolute atomic E-state index is 12.3. The van der Waals surface area contributed by atoms with E-state index in [1.165, 1.54) is 5.56 Å². The second-order valence-electron chi connectivity index (χ2n) is 9.04. The number of carbonyl (C=O) groups excluding carboxylic acids is 1. The Labute approximate surface area is 164 Å². The first-order chi connectivity index (χ1) is 12.3. The van der Waals surface area contributed by atoms with Crippen molar-refractivity contribution in [2.75, 3.05) is 7.05 Å². The van der Waals surface area contributed by atoms with Crippen LogP contribution in [0.3, 0.4) is 0 Å². The van der Waals surface area contributed by atoms with Gasteiger partial charge in [-0.2, -0.15) is 0 Å². The molecule has 0 radical (unpaired) electrons. The Morgan fingerprint density at radius 3 is 1.93 bits per heavy atom. The Hall–Kier alpha value is -1.88. The topological polar surface area (TPSA) is 59.9 Å². The summed E-state index contributed by atoms with van der Waals surface area (Å²) in [5.41, 5.74) is 1.10. The van der Waals surface area contributed by atoms with Gasteiger partial charge in [0.2, 0.25) is 5.90 Å². The highest BCUT2D eigenvalue weighted by Crippen LogP contribution is 2.21. The molecule has 0 heterocycles. The minimum absolute atomic E-state index is 0.146. The van der Waals surface area contributed by atoms with E-state index in [0.29, 0.717) is 11.8 Å². The van der Waals surface area contributed by atoms with Crippen LogP contribution in [-0.4, -0.2) is 36.2 Å². The predicted molar refractivity (Wildman–Crippen MR) is 112 cm³/mol. The van der Waals surface area contributed by atoms with Crippen LogP contribution in [0, 0.1) is 0 Å². The number of nitrogens with one attached hydrogen (secondary N) is 1.